The smallest absolute Gasteiger partial charge is 0.255 e. The Morgan fingerprint density at radius 3 is 2.00 bits per heavy atom. The molecule has 0 saturated carbocycles. The first-order valence-corrected chi connectivity index (χ1v) is 9.84. The third-order valence-corrected chi connectivity index (χ3v) is 5.25. The Morgan fingerprint density at radius 2 is 1.50 bits per heavy atom. The Balaban J connectivity index is 2.06. The molecule has 3 N–H and O–H groups in total. The number of nitrogens with one attached hydrogen (secondary N) is 2. The van der Waals surface area contributed by atoms with Crippen molar-refractivity contribution >= 4 is 55.0 Å². The molecule has 2 amide bonds. The second-order valence-electron chi connectivity index (χ2n) is 5.82. The van der Waals surface area contributed by atoms with Gasteiger partial charge in [-0.15, -0.1) is 0 Å². The van der Waals surface area contributed by atoms with E-state index in [1.165, 1.54) is 0 Å². The zero-order valence-corrected chi connectivity index (χ0v) is 17.6. The molecule has 138 valence electrons. The monoisotopic (exact) mass is 482 g/mol. The predicted molar refractivity (Wildman–Crippen MR) is 111 cm³/mol. The van der Waals surface area contributed by atoms with E-state index in [2.05, 4.69) is 42.5 Å². The van der Waals surface area contributed by atoms with Gasteiger partial charge in [-0.3, -0.25) is 9.59 Å². The van der Waals surface area contributed by atoms with Gasteiger partial charge in [0.2, 0.25) is 5.91 Å². The summed E-state index contributed by atoms with van der Waals surface area (Å²) >= 11 is 6.45. The van der Waals surface area contributed by atoms with E-state index in [9.17, 15) is 14.7 Å². The zero-order valence-electron chi connectivity index (χ0n) is 14.5. The first-order chi connectivity index (χ1) is 12.3. The van der Waals surface area contributed by atoms with E-state index in [-0.39, 0.29) is 23.5 Å². The molecule has 0 spiro atoms. The summed E-state index contributed by atoms with van der Waals surface area (Å²) in [5, 5.41) is 15.4. The highest BCUT2D eigenvalue weighted by molar-refractivity contribution is 9.11. The van der Waals surface area contributed by atoms with Crippen molar-refractivity contribution in [2.24, 2.45) is 5.92 Å². The first kappa shape index (κ1) is 20.5. The SMILES string of the molecule is CCC(CC)C(=O)Nc1ccc(C(=O)Nc2cc(Br)c(O)c(Br)c2)cc1. The first-order valence-electron chi connectivity index (χ1n) is 8.26. The van der Waals surface area contributed by atoms with E-state index in [0.717, 1.165) is 12.8 Å². The van der Waals surface area contributed by atoms with Gasteiger partial charge >= 0.3 is 0 Å². The van der Waals surface area contributed by atoms with Crippen LogP contribution in [0.5, 0.6) is 5.75 Å². The summed E-state index contributed by atoms with van der Waals surface area (Å²) in [7, 11) is 0. The highest BCUT2D eigenvalue weighted by Crippen LogP contribution is 2.35. The van der Waals surface area contributed by atoms with E-state index in [4.69, 9.17) is 0 Å². The molecular formula is C19H20Br2N2O3. The number of hydrogen-bond acceptors (Lipinski definition) is 3. The Kier molecular flexibility index (Phi) is 7.23. The van der Waals surface area contributed by atoms with Crippen LogP contribution in [0.15, 0.2) is 45.3 Å². The van der Waals surface area contributed by atoms with Crippen molar-refractivity contribution in [2.45, 2.75) is 26.7 Å². The molecule has 2 aromatic carbocycles. The second kappa shape index (κ2) is 9.19. The van der Waals surface area contributed by atoms with Crippen LogP contribution in [0.4, 0.5) is 11.4 Å². The summed E-state index contributed by atoms with van der Waals surface area (Å²) in [6.07, 6.45) is 1.58. The maximum Gasteiger partial charge on any atom is 0.255 e. The lowest BCUT2D eigenvalue weighted by atomic mass is 10.0. The van der Waals surface area contributed by atoms with Crippen molar-refractivity contribution < 1.29 is 14.7 Å². The molecule has 0 saturated heterocycles. The van der Waals surface area contributed by atoms with Crippen LogP contribution in [0, 0.1) is 5.92 Å². The average Bonchev–Trinajstić information content (AvgIpc) is 2.61. The van der Waals surface area contributed by atoms with Crippen molar-refractivity contribution in [1.82, 2.24) is 0 Å². The van der Waals surface area contributed by atoms with Gasteiger partial charge in [0.05, 0.1) is 8.95 Å². The normalized spacial score (nSPS) is 10.7. The maximum atomic E-state index is 12.4. The van der Waals surface area contributed by atoms with E-state index in [1.54, 1.807) is 36.4 Å². The van der Waals surface area contributed by atoms with Gasteiger partial charge in [-0.25, -0.2) is 0 Å². The largest absolute Gasteiger partial charge is 0.506 e. The molecule has 0 heterocycles. The molecule has 0 bridgehead atoms. The molecule has 0 aliphatic carbocycles. The van der Waals surface area contributed by atoms with Gasteiger partial charge < -0.3 is 15.7 Å². The van der Waals surface area contributed by atoms with Gasteiger partial charge in [-0.05, 0) is 81.1 Å². The topological polar surface area (TPSA) is 78.4 Å². The van der Waals surface area contributed by atoms with Crippen molar-refractivity contribution in [3.05, 3.63) is 50.9 Å². The van der Waals surface area contributed by atoms with Crippen molar-refractivity contribution in [3.63, 3.8) is 0 Å². The van der Waals surface area contributed by atoms with E-state index < -0.39 is 0 Å². The van der Waals surface area contributed by atoms with Crippen molar-refractivity contribution in [3.8, 4) is 5.75 Å². The molecule has 5 nitrogen and oxygen atoms in total. The van der Waals surface area contributed by atoms with Crippen molar-refractivity contribution in [1.29, 1.82) is 0 Å². The number of amides is 2. The fraction of sp³-hybridized carbons (Fsp3) is 0.263. The second-order valence-corrected chi connectivity index (χ2v) is 7.53. The summed E-state index contributed by atoms with van der Waals surface area (Å²) < 4.78 is 0.947. The number of benzene rings is 2. The zero-order chi connectivity index (χ0) is 19.3. The number of hydrogen-bond donors (Lipinski definition) is 3. The van der Waals surface area contributed by atoms with Crippen LogP contribution in [-0.2, 0) is 4.79 Å². The predicted octanol–water partition coefficient (Wildman–Crippen LogP) is 5.54. The lowest BCUT2D eigenvalue weighted by molar-refractivity contribution is -0.120. The number of phenols is 1. The number of halogens is 2. The van der Waals surface area contributed by atoms with Crippen LogP contribution in [-0.4, -0.2) is 16.9 Å². The third-order valence-electron chi connectivity index (χ3n) is 4.05. The molecular weight excluding hydrogens is 464 g/mol. The van der Waals surface area contributed by atoms with Gasteiger partial charge in [0.1, 0.15) is 5.75 Å². The summed E-state index contributed by atoms with van der Waals surface area (Å²) in [4.78, 5) is 24.5. The number of phenolic OH excluding ortho intramolecular Hbond substituents is 1. The summed E-state index contributed by atoms with van der Waals surface area (Å²) in [6.45, 7) is 3.97. The summed E-state index contributed by atoms with van der Waals surface area (Å²) in [6, 6.07) is 9.95. The molecule has 0 radical (unpaired) electrons. The Hall–Kier alpha value is -1.86. The Labute approximate surface area is 169 Å². The Bertz CT molecular complexity index is 780. The van der Waals surface area contributed by atoms with Gasteiger partial charge in [0, 0.05) is 22.9 Å². The van der Waals surface area contributed by atoms with E-state index in [0.29, 0.717) is 25.9 Å². The van der Waals surface area contributed by atoms with E-state index >= 15 is 0 Å². The number of carbonyl (C=O) groups is 2. The van der Waals surface area contributed by atoms with Crippen LogP contribution in [0.2, 0.25) is 0 Å². The quantitative estimate of drug-likeness (QED) is 0.471. The number of anilines is 2. The number of carbonyl (C=O) groups excluding carboxylic acids is 2. The standard InChI is InChI=1S/C19H20Br2N2O3/c1-3-11(4-2)18(25)22-13-7-5-12(6-8-13)19(26)23-14-9-15(20)17(24)16(21)10-14/h5-11,24H,3-4H2,1-2H3,(H,22,25)(H,23,26). The molecule has 0 aliphatic heterocycles. The fourth-order valence-corrected chi connectivity index (χ4v) is 3.64. The molecule has 0 unspecified atom stereocenters. The van der Waals surface area contributed by atoms with Crippen LogP contribution in [0.1, 0.15) is 37.0 Å². The molecule has 2 rings (SSSR count). The van der Waals surface area contributed by atoms with Crippen LogP contribution < -0.4 is 10.6 Å². The molecule has 0 fully saturated rings. The minimum atomic E-state index is -0.285. The molecule has 0 aromatic heterocycles. The fourth-order valence-electron chi connectivity index (χ4n) is 2.45. The van der Waals surface area contributed by atoms with Crippen LogP contribution in [0.25, 0.3) is 0 Å². The minimum Gasteiger partial charge on any atom is -0.506 e. The summed E-state index contributed by atoms with van der Waals surface area (Å²) in [5.74, 6) is -0.233. The Morgan fingerprint density at radius 1 is 0.962 bits per heavy atom. The van der Waals surface area contributed by atoms with Gasteiger partial charge in [-0.2, -0.15) is 0 Å². The lowest BCUT2D eigenvalue weighted by Crippen LogP contribution is -2.21. The lowest BCUT2D eigenvalue weighted by Gasteiger charge is -2.13. The third kappa shape index (κ3) is 5.08. The maximum absolute atomic E-state index is 12.4. The van der Waals surface area contributed by atoms with Gasteiger partial charge in [0.15, 0.2) is 0 Å². The number of aromatic hydroxyl groups is 1. The highest BCUT2D eigenvalue weighted by Gasteiger charge is 2.15. The van der Waals surface area contributed by atoms with Crippen LogP contribution >= 0.6 is 31.9 Å². The average molecular weight is 484 g/mol. The molecule has 0 aliphatic rings. The molecule has 7 heteroatoms. The number of rotatable bonds is 6. The highest BCUT2D eigenvalue weighted by atomic mass is 79.9. The van der Waals surface area contributed by atoms with E-state index in [1.807, 2.05) is 13.8 Å². The molecule has 2 aromatic rings. The minimum absolute atomic E-state index is 0.00834. The molecule has 0 atom stereocenters. The van der Waals surface area contributed by atoms with Gasteiger partial charge in [-0.1, -0.05) is 13.8 Å². The van der Waals surface area contributed by atoms with Gasteiger partial charge in [0.25, 0.3) is 5.91 Å². The van der Waals surface area contributed by atoms with Crippen LogP contribution in [0.3, 0.4) is 0 Å². The molecule has 26 heavy (non-hydrogen) atoms. The van der Waals surface area contributed by atoms with Crippen molar-refractivity contribution in [2.75, 3.05) is 10.6 Å². The summed E-state index contributed by atoms with van der Waals surface area (Å²) in [5.41, 5.74) is 1.66.